The first-order valence-electron chi connectivity index (χ1n) is 8.52. The molecule has 0 bridgehead atoms. The highest BCUT2D eigenvalue weighted by atomic mass is 16.2. The molecular formula is C17H25N3O2. The number of carbonyl (C=O) groups excluding carboxylic acids is 2. The lowest BCUT2D eigenvalue weighted by Crippen LogP contribution is -2.43. The van der Waals surface area contributed by atoms with Gasteiger partial charge in [-0.05, 0) is 38.0 Å². The molecule has 2 aliphatic rings. The highest BCUT2D eigenvalue weighted by molar-refractivity contribution is 6.36. The van der Waals surface area contributed by atoms with Crippen molar-refractivity contribution in [3.63, 3.8) is 0 Å². The molecule has 0 aromatic carbocycles. The van der Waals surface area contributed by atoms with Gasteiger partial charge in [0.25, 0.3) is 5.91 Å². The van der Waals surface area contributed by atoms with Gasteiger partial charge in [0.05, 0.1) is 0 Å². The molecule has 1 atom stereocenters. The number of hydrogen-bond acceptors (Lipinski definition) is 3. The third-order valence-corrected chi connectivity index (χ3v) is 4.69. The molecule has 1 unspecified atom stereocenters. The normalized spacial score (nSPS) is 21.9. The molecule has 2 heterocycles. The van der Waals surface area contributed by atoms with Gasteiger partial charge in [0, 0.05) is 44.4 Å². The second-order valence-electron chi connectivity index (χ2n) is 6.64. The van der Waals surface area contributed by atoms with E-state index in [0.717, 1.165) is 37.5 Å². The second-order valence-corrected chi connectivity index (χ2v) is 6.64. The number of imidazole rings is 1. The number of carbonyl (C=O) groups is 2. The van der Waals surface area contributed by atoms with E-state index in [1.54, 1.807) is 4.90 Å². The molecule has 22 heavy (non-hydrogen) atoms. The van der Waals surface area contributed by atoms with Crippen LogP contribution in [0.3, 0.4) is 0 Å². The summed E-state index contributed by atoms with van der Waals surface area (Å²) in [4.78, 5) is 30.3. The standard InChI is InChI=1S/C17H25N3O2/c1-2-4-15(21)17(22)20-9-3-5-14(12-20)16-18-8-10-19(16)11-13-6-7-13/h8,10,13-14H,2-7,9,11-12H2,1H3. The summed E-state index contributed by atoms with van der Waals surface area (Å²) in [6.45, 7) is 4.32. The van der Waals surface area contributed by atoms with Crippen molar-refractivity contribution < 1.29 is 9.59 Å². The van der Waals surface area contributed by atoms with Crippen molar-refractivity contribution in [1.82, 2.24) is 14.5 Å². The van der Waals surface area contributed by atoms with Gasteiger partial charge >= 0.3 is 0 Å². The molecule has 120 valence electrons. The molecule has 3 rings (SSSR count). The molecule has 5 heteroatoms. The number of rotatable bonds is 6. The summed E-state index contributed by atoms with van der Waals surface area (Å²) >= 11 is 0. The summed E-state index contributed by atoms with van der Waals surface area (Å²) in [7, 11) is 0. The molecule has 1 aliphatic carbocycles. The minimum Gasteiger partial charge on any atom is -0.335 e. The first kappa shape index (κ1) is 15.3. The summed E-state index contributed by atoms with van der Waals surface area (Å²) in [5.41, 5.74) is 0. The Balaban J connectivity index is 1.66. The van der Waals surface area contributed by atoms with Crippen LogP contribution in [0.5, 0.6) is 0 Å². The third kappa shape index (κ3) is 3.39. The molecule has 1 saturated carbocycles. The molecule has 0 radical (unpaired) electrons. The maximum atomic E-state index is 12.2. The molecule has 1 aromatic heterocycles. The highest BCUT2D eigenvalue weighted by Gasteiger charge is 2.31. The number of nitrogens with zero attached hydrogens (tertiary/aromatic N) is 3. The number of amides is 1. The Morgan fingerprint density at radius 2 is 2.14 bits per heavy atom. The van der Waals surface area contributed by atoms with Crippen molar-refractivity contribution in [2.24, 2.45) is 5.92 Å². The fraction of sp³-hybridized carbons (Fsp3) is 0.706. The highest BCUT2D eigenvalue weighted by Crippen LogP contribution is 2.33. The zero-order valence-corrected chi connectivity index (χ0v) is 13.3. The number of hydrogen-bond donors (Lipinski definition) is 0. The predicted octanol–water partition coefficient (Wildman–Crippen LogP) is 2.37. The van der Waals surface area contributed by atoms with Crippen LogP contribution >= 0.6 is 0 Å². The van der Waals surface area contributed by atoms with Gasteiger partial charge in [-0.25, -0.2) is 4.98 Å². The largest absolute Gasteiger partial charge is 0.335 e. The lowest BCUT2D eigenvalue weighted by Gasteiger charge is -2.32. The van der Waals surface area contributed by atoms with Gasteiger partial charge in [0.15, 0.2) is 0 Å². The Bertz CT molecular complexity index is 548. The van der Waals surface area contributed by atoms with Gasteiger partial charge in [0.2, 0.25) is 5.78 Å². The first-order valence-corrected chi connectivity index (χ1v) is 8.52. The van der Waals surface area contributed by atoms with E-state index in [-0.39, 0.29) is 17.6 Å². The average Bonchev–Trinajstić information content (AvgIpc) is 3.22. The van der Waals surface area contributed by atoms with Crippen molar-refractivity contribution in [2.75, 3.05) is 13.1 Å². The average molecular weight is 303 g/mol. The Hall–Kier alpha value is -1.65. The molecule has 2 fully saturated rings. The van der Waals surface area contributed by atoms with Crippen LogP contribution < -0.4 is 0 Å². The number of Topliss-reactive ketones (excluding diaryl/α,β-unsaturated/α-hetero) is 1. The van der Waals surface area contributed by atoms with Crippen molar-refractivity contribution >= 4 is 11.7 Å². The fourth-order valence-electron chi connectivity index (χ4n) is 3.30. The molecule has 1 aromatic rings. The van der Waals surface area contributed by atoms with Crippen molar-refractivity contribution in [1.29, 1.82) is 0 Å². The lowest BCUT2D eigenvalue weighted by atomic mass is 9.96. The van der Waals surface area contributed by atoms with Crippen molar-refractivity contribution in [3.05, 3.63) is 18.2 Å². The molecule has 1 amide bonds. The van der Waals surface area contributed by atoms with E-state index in [1.165, 1.54) is 12.8 Å². The SMILES string of the molecule is CCCC(=O)C(=O)N1CCCC(c2nccn2CC2CC2)C1. The summed E-state index contributed by atoms with van der Waals surface area (Å²) in [5, 5.41) is 0. The summed E-state index contributed by atoms with van der Waals surface area (Å²) in [5.74, 6) is 1.62. The van der Waals surface area contributed by atoms with Crippen LogP contribution in [0.25, 0.3) is 0 Å². The van der Waals surface area contributed by atoms with Crippen LogP contribution in [-0.4, -0.2) is 39.2 Å². The maximum Gasteiger partial charge on any atom is 0.289 e. The van der Waals surface area contributed by atoms with E-state index in [1.807, 2.05) is 13.1 Å². The Morgan fingerprint density at radius 1 is 1.32 bits per heavy atom. The number of piperidine rings is 1. The second kappa shape index (κ2) is 6.63. The topological polar surface area (TPSA) is 55.2 Å². The molecule has 0 spiro atoms. The monoisotopic (exact) mass is 303 g/mol. The van der Waals surface area contributed by atoms with E-state index < -0.39 is 0 Å². The molecule has 1 saturated heterocycles. The molecular weight excluding hydrogens is 278 g/mol. The van der Waals surface area contributed by atoms with Crippen LogP contribution in [0.15, 0.2) is 12.4 Å². The summed E-state index contributed by atoms with van der Waals surface area (Å²) < 4.78 is 2.25. The van der Waals surface area contributed by atoms with Gasteiger partial charge in [-0.3, -0.25) is 9.59 Å². The van der Waals surface area contributed by atoms with Gasteiger partial charge in [-0.15, -0.1) is 0 Å². The fourth-order valence-corrected chi connectivity index (χ4v) is 3.30. The van der Waals surface area contributed by atoms with Crippen LogP contribution in [-0.2, 0) is 16.1 Å². The van der Waals surface area contributed by atoms with E-state index in [2.05, 4.69) is 15.7 Å². The first-order chi connectivity index (χ1) is 10.7. The van der Waals surface area contributed by atoms with Gasteiger partial charge in [-0.2, -0.15) is 0 Å². The van der Waals surface area contributed by atoms with Crippen molar-refractivity contribution in [3.8, 4) is 0 Å². The van der Waals surface area contributed by atoms with Crippen LogP contribution in [0.1, 0.15) is 57.2 Å². The summed E-state index contributed by atoms with van der Waals surface area (Å²) in [6.07, 6.45) is 9.64. The van der Waals surface area contributed by atoms with Crippen LogP contribution in [0.2, 0.25) is 0 Å². The maximum absolute atomic E-state index is 12.2. The van der Waals surface area contributed by atoms with Gasteiger partial charge in [0.1, 0.15) is 5.82 Å². The van der Waals surface area contributed by atoms with Crippen LogP contribution in [0.4, 0.5) is 0 Å². The van der Waals surface area contributed by atoms with Crippen LogP contribution in [0, 0.1) is 5.92 Å². The van der Waals surface area contributed by atoms with E-state index in [4.69, 9.17) is 0 Å². The smallest absolute Gasteiger partial charge is 0.289 e. The quantitative estimate of drug-likeness (QED) is 0.758. The third-order valence-electron chi connectivity index (χ3n) is 4.69. The number of likely N-dealkylation sites (tertiary alicyclic amines) is 1. The Kier molecular flexibility index (Phi) is 4.60. The molecule has 1 aliphatic heterocycles. The molecule has 0 N–H and O–H groups in total. The Labute approximate surface area is 131 Å². The zero-order valence-electron chi connectivity index (χ0n) is 13.3. The van der Waals surface area contributed by atoms with E-state index in [9.17, 15) is 9.59 Å². The van der Waals surface area contributed by atoms with Gasteiger partial charge < -0.3 is 9.47 Å². The minimum absolute atomic E-state index is 0.246. The summed E-state index contributed by atoms with van der Waals surface area (Å²) in [6, 6.07) is 0. The molecule has 5 nitrogen and oxygen atoms in total. The minimum atomic E-state index is -0.299. The number of ketones is 1. The van der Waals surface area contributed by atoms with Gasteiger partial charge in [-0.1, -0.05) is 6.92 Å². The van der Waals surface area contributed by atoms with E-state index in [0.29, 0.717) is 19.5 Å². The lowest BCUT2D eigenvalue weighted by molar-refractivity contribution is -0.145. The zero-order chi connectivity index (χ0) is 15.5. The number of aromatic nitrogens is 2. The van der Waals surface area contributed by atoms with Crippen molar-refractivity contribution in [2.45, 2.75) is 57.9 Å². The van der Waals surface area contributed by atoms with E-state index >= 15 is 0 Å². The Morgan fingerprint density at radius 3 is 2.86 bits per heavy atom. The predicted molar refractivity (Wildman–Crippen MR) is 83.4 cm³/mol.